The Morgan fingerprint density at radius 1 is 1.40 bits per heavy atom. The molecular formula is C13H11ClN4O2. The van der Waals surface area contributed by atoms with Gasteiger partial charge in [0, 0.05) is 24.8 Å². The number of aliphatic hydroxyl groups is 1. The smallest absolute Gasteiger partial charge is 0.257 e. The van der Waals surface area contributed by atoms with Crippen LogP contribution < -0.4 is 5.56 Å². The molecule has 0 fully saturated rings. The fourth-order valence-electron chi connectivity index (χ4n) is 2.35. The van der Waals surface area contributed by atoms with Crippen LogP contribution in [0.2, 0.25) is 5.15 Å². The van der Waals surface area contributed by atoms with Crippen LogP contribution in [0, 0.1) is 6.92 Å². The van der Waals surface area contributed by atoms with Crippen LogP contribution in [0.25, 0.3) is 10.9 Å². The first-order chi connectivity index (χ1) is 9.44. The van der Waals surface area contributed by atoms with E-state index in [1.165, 1.54) is 23.1 Å². The Morgan fingerprint density at radius 2 is 2.15 bits per heavy atom. The number of pyridine rings is 1. The lowest BCUT2D eigenvalue weighted by Crippen LogP contribution is -2.34. The molecule has 0 radical (unpaired) electrons. The van der Waals surface area contributed by atoms with Crippen molar-refractivity contribution in [3.05, 3.63) is 45.1 Å². The maximum absolute atomic E-state index is 12.5. The molecule has 1 atom stereocenters. The van der Waals surface area contributed by atoms with Crippen LogP contribution in [-0.2, 0) is 12.6 Å². The maximum Gasteiger partial charge on any atom is 0.257 e. The minimum atomic E-state index is -1.51. The van der Waals surface area contributed by atoms with Gasteiger partial charge in [-0.25, -0.2) is 0 Å². The number of rotatable bonds is 1. The Morgan fingerprint density at radius 3 is 2.80 bits per heavy atom. The molecule has 1 aliphatic rings. The molecule has 6 nitrogen and oxygen atoms in total. The third-order valence-corrected chi connectivity index (χ3v) is 3.66. The minimum absolute atomic E-state index is 0.180. The lowest BCUT2D eigenvalue weighted by Gasteiger charge is -2.19. The first kappa shape index (κ1) is 13.0. The van der Waals surface area contributed by atoms with Crippen molar-refractivity contribution in [2.45, 2.75) is 12.5 Å². The van der Waals surface area contributed by atoms with Crippen molar-refractivity contribution in [2.75, 3.05) is 0 Å². The number of hydrogen-bond donors (Lipinski definition) is 1. The third-order valence-electron chi connectivity index (χ3n) is 3.38. The number of aliphatic imine (C=N–C) groups is 1. The first-order valence-corrected chi connectivity index (χ1v) is 6.29. The SMILES string of the molecule is Cc1nnc(Cl)c2cc(C3(O)C=CN=C3)c(=O)n(C)c12. The number of aromatic nitrogens is 3. The second kappa shape index (κ2) is 4.22. The van der Waals surface area contributed by atoms with E-state index in [-0.39, 0.29) is 16.3 Å². The van der Waals surface area contributed by atoms with Crippen molar-refractivity contribution in [3.8, 4) is 0 Å². The molecule has 1 unspecified atom stereocenters. The highest BCUT2D eigenvalue weighted by Gasteiger charge is 2.31. The lowest BCUT2D eigenvalue weighted by atomic mass is 9.96. The number of halogens is 1. The number of fused-ring (bicyclic) bond motifs is 1. The van der Waals surface area contributed by atoms with Crippen molar-refractivity contribution in [2.24, 2.45) is 12.0 Å². The van der Waals surface area contributed by atoms with Crippen LogP contribution in [-0.4, -0.2) is 26.1 Å². The van der Waals surface area contributed by atoms with E-state index in [4.69, 9.17) is 11.6 Å². The summed E-state index contributed by atoms with van der Waals surface area (Å²) in [6.45, 7) is 1.75. The summed E-state index contributed by atoms with van der Waals surface area (Å²) in [5, 5.41) is 19.0. The fraction of sp³-hybridized carbons (Fsp3) is 0.231. The summed E-state index contributed by atoms with van der Waals surface area (Å²) in [7, 11) is 1.61. The lowest BCUT2D eigenvalue weighted by molar-refractivity contribution is 0.171. The highest BCUT2D eigenvalue weighted by atomic mass is 35.5. The molecule has 2 aromatic heterocycles. The minimum Gasteiger partial charge on any atom is -0.375 e. The van der Waals surface area contributed by atoms with E-state index in [0.29, 0.717) is 16.6 Å². The van der Waals surface area contributed by atoms with Crippen LogP contribution in [0.4, 0.5) is 0 Å². The van der Waals surface area contributed by atoms with Crippen molar-refractivity contribution in [1.29, 1.82) is 0 Å². The number of aryl methyl sites for hydroxylation is 2. The van der Waals surface area contributed by atoms with E-state index in [2.05, 4.69) is 15.2 Å². The van der Waals surface area contributed by atoms with Gasteiger partial charge in [0.25, 0.3) is 5.56 Å². The van der Waals surface area contributed by atoms with Crippen LogP contribution >= 0.6 is 11.6 Å². The normalized spacial score (nSPS) is 21.0. The van der Waals surface area contributed by atoms with E-state index < -0.39 is 5.60 Å². The third kappa shape index (κ3) is 1.69. The Balaban J connectivity index is 2.46. The highest BCUT2D eigenvalue weighted by Crippen LogP contribution is 2.27. The summed E-state index contributed by atoms with van der Waals surface area (Å²) in [6.07, 6.45) is 4.21. The summed E-state index contributed by atoms with van der Waals surface area (Å²) in [5.74, 6) is 0. The summed E-state index contributed by atoms with van der Waals surface area (Å²) in [5.41, 5.74) is -0.465. The standard InChI is InChI=1S/C13H11ClN4O2/c1-7-10-8(11(14)17-16-7)5-9(12(19)18(10)2)13(20)3-4-15-6-13/h3-6,20H,1-2H3. The van der Waals surface area contributed by atoms with Crippen LogP contribution in [0.15, 0.2) is 28.1 Å². The molecule has 0 aliphatic carbocycles. The molecule has 7 heteroatoms. The molecule has 20 heavy (non-hydrogen) atoms. The molecule has 3 rings (SSSR count). The van der Waals surface area contributed by atoms with Crippen LogP contribution in [0.3, 0.4) is 0 Å². The second-order valence-electron chi connectivity index (χ2n) is 4.68. The fourth-order valence-corrected chi connectivity index (χ4v) is 2.54. The molecule has 0 amide bonds. The van der Waals surface area contributed by atoms with Gasteiger partial charge in [0.05, 0.1) is 16.8 Å². The first-order valence-electron chi connectivity index (χ1n) is 5.91. The molecule has 1 N–H and O–H groups in total. The van der Waals surface area contributed by atoms with Crippen molar-refractivity contribution in [1.82, 2.24) is 14.8 Å². The monoisotopic (exact) mass is 290 g/mol. The van der Waals surface area contributed by atoms with Gasteiger partial charge < -0.3 is 9.67 Å². The Labute approximate surface area is 119 Å². The van der Waals surface area contributed by atoms with E-state index in [1.54, 1.807) is 20.0 Å². The van der Waals surface area contributed by atoms with E-state index >= 15 is 0 Å². The molecule has 0 saturated heterocycles. The van der Waals surface area contributed by atoms with Gasteiger partial charge in [0.2, 0.25) is 0 Å². The van der Waals surface area contributed by atoms with Crippen molar-refractivity contribution < 1.29 is 5.11 Å². The van der Waals surface area contributed by atoms with Gasteiger partial charge in [-0.1, -0.05) is 11.6 Å². The Kier molecular flexibility index (Phi) is 2.74. The molecule has 0 saturated carbocycles. The zero-order valence-electron chi connectivity index (χ0n) is 10.8. The molecule has 102 valence electrons. The summed E-state index contributed by atoms with van der Waals surface area (Å²) < 4.78 is 1.42. The van der Waals surface area contributed by atoms with Gasteiger partial charge in [0.1, 0.15) is 0 Å². The van der Waals surface area contributed by atoms with Gasteiger partial charge in [-0.2, -0.15) is 5.10 Å². The van der Waals surface area contributed by atoms with Gasteiger partial charge in [-0.05, 0) is 19.1 Å². The summed E-state index contributed by atoms with van der Waals surface area (Å²) in [6, 6.07) is 1.54. The van der Waals surface area contributed by atoms with E-state index in [9.17, 15) is 9.90 Å². The van der Waals surface area contributed by atoms with Crippen molar-refractivity contribution >= 4 is 28.7 Å². The van der Waals surface area contributed by atoms with Crippen LogP contribution in [0.1, 0.15) is 11.3 Å². The van der Waals surface area contributed by atoms with Gasteiger partial charge in [0.15, 0.2) is 10.8 Å². The second-order valence-corrected chi connectivity index (χ2v) is 5.04. The molecule has 1 aliphatic heterocycles. The molecule has 0 spiro atoms. The maximum atomic E-state index is 12.5. The molecule has 2 aromatic rings. The highest BCUT2D eigenvalue weighted by molar-refractivity contribution is 6.34. The Bertz CT molecular complexity index is 826. The van der Waals surface area contributed by atoms with Crippen molar-refractivity contribution in [3.63, 3.8) is 0 Å². The largest absolute Gasteiger partial charge is 0.375 e. The predicted octanol–water partition coefficient (Wildman–Crippen LogP) is 1.08. The Hall–Kier alpha value is -2.05. The van der Waals surface area contributed by atoms with Gasteiger partial charge in [-0.15, -0.1) is 5.10 Å². The quantitative estimate of drug-likeness (QED) is 0.852. The summed E-state index contributed by atoms with van der Waals surface area (Å²) in [4.78, 5) is 16.3. The average molecular weight is 291 g/mol. The topological polar surface area (TPSA) is 80.4 Å². The predicted molar refractivity (Wildman–Crippen MR) is 76.1 cm³/mol. The van der Waals surface area contributed by atoms with Crippen LogP contribution in [0.5, 0.6) is 0 Å². The van der Waals surface area contributed by atoms with E-state index in [0.717, 1.165) is 0 Å². The van der Waals surface area contributed by atoms with E-state index in [1.807, 2.05) is 0 Å². The molecule has 3 heterocycles. The summed E-state index contributed by atoms with van der Waals surface area (Å²) >= 11 is 6.06. The zero-order chi connectivity index (χ0) is 14.5. The molecule has 0 bridgehead atoms. The molecular weight excluding hydrogens is 280 g/mol. The average Bonchev–Trinajstić information content (AvgIpc) is 2.85. The van der Waals surface area contributed by atoms with Gasteiger partial charge >= 0.3 is 0 Å². The molecule has 0 aromatic carbocycles. The number of hydrogen-bond acceptors (Lipinski definition) is 5. The zero-order valence-corrected chi connectivity index (χ0v) is 11.6. The van der Waals surface area contributed by atoms with Gasteiger partial charge in [-0.3, -0.25) is 9.79 Å². The number of nitrogens with zero attached hydrogens (tertiary/aromatic N) is 4.